The largest absolute Gasteiger partial charge is 0.320 e. The van der Waals surface area contributed by atoms with E-state index >= 15 is 0 Å². The van der Waals surface area contributed by atoms with Crippen LogP contribution in [0.1, 0.15) is 5.56 Å². The van der Waals surface area contributed by atoms with E-state index in [1.54, 1.807) is 42.5 Å². The van der Waals surface area contributed by atoms with Gasteiger partial charge < -0.3 is 5.73 Å². The second-order valence-corrected chi connectivity index (χ2v) is 6.15. The van der Waals surface area contributed by atoms with Gasteiger partial charge in [0, 0.05) is 5.56 Å². The average molecular weight is 321 g/mol. The van der Waals surface area contributed by atoms with E-state index in [1.165, 1.54) is 6.07 Å². The molecule has 0 aliphatic rings. The molecule has 0 amide bonds. The smallest absolute Gasteiger partial charge is 0.263 e. The highest BCUT2D eigenvalue weighted by atomic mass is 35.5. The lowest BCUT2D eigenvalue weighted by molar-refractivity contribution is 0.601. The highest BCUT2D eigenvalue weighted by Crippen LogP contribution is 2.25. The lowest BCUT2D eigenvalue weighted by Gasteiger charge is -2.10. The molecule has 4 nitrogen and oxygen atoms in total. The van der Waals surface area contributed by atoms with Crippen LogP contribution in [-0.4, -0.2) is 15.0 Å². The zero-order valence-corrected chi connectivity index (χ0v) is 12.6. The van der Waals surface area contributed by atoms with Crippen molar-refractivity contribution in [3.63, 3.8) is 0 Å². The van der Waals surface area contributed by atoms with Gasteiger partial charge in [0.25, 0.3) is 10.0 Å². The normalized spacial score (nSPS) is 10.6. The van der Waals surface area contributed by atoms with Gasteiger partial charge in [0.05, 0.1) is 17.3 Å². The van der Waals surface area contributed by atoms with E-state index in [2.05, 4.69) is 16.6 Å². The minimum atomic E-state index is -3.77. The van der Waals surface area contributed by atoms with Crippen molar-refractivity contribution in [3.8, 4) is 11.8 Å². The molecule has 3 N–H and O–H groups in total. The number of anilines is 1. The van der Waals surface area contributed by atoms with Crippen molar-refractivity contribution in [1.82, 2.24) is 0 Å². The van der Waals surface area contributed by atoms with E-state index in [1.807, 2.05) is 0 Å². The summed E-state index contributed by atoms with van der Waals surface area (Å²) in [5.74, 6) is 5.40. The van der Waals surface area contributed by atoms with Gasteiger partial charge in [0.1, 0.15) is 4.90 Å². The topological polar surface area (TPSA) is 72.2 Å². The van der Waals surface area contributed by atoms with Crippen LogP contribution in [0.4, 0.5) is 5.69 Å². The third kappa shape index (κ3) is 3.76. The van der Waals surface area contributed by atoms with Crippen LogP contribution in [0.3, 0.4) is 0 Å². The van der Waals surface area contributed by atoms with Gasteiger partial charge >= 0.3 is 0 Å². The molecule has 0 aromatic heterocycles. The summed E-state index contributed by atoms with van der Waals surface area (Å²) in [6, 6.07) is 13.1. The molecule has 0 spiro atoms. The Kier molecular flexibility index (Phi) is 4.86. The predicted octanol–water partition coefficient (Wildman–Crippen LogP) is 2.45. The minimum absolute atomic E-state index is 0.0888. The molecule has 0 bridgehead atoms. The van der Waals surface area contributed by atoms with Crippen molar-refractivity contribution in [2.75, 3.05) is 11.3 Å². The van der Waals surface area contributed by atoms with Gasteiger partial charge in [-0.05, 0) is 24.3 Å². The number of sulfonamides is 1. The van der Waals surface area contributed by atoms with Crippen LogP contribution in [0.2, 0.25) is 5.02 Å². The Morgan fingerprint density at radius 2 is 1.76 bits per heavy atom. The number of nitrogens with one attached hydrogen (secondary N) is 1. The van der Waals surface area contributed by atoms with Crippen LogP contribution in [0.15, 0.2) is 53.4 Å². The van der Waals surface area contributed by atoms with Gasteiger partial charge in [-0.1, -0.05) is 47.7 Å². The van der Waals surface area contributed by atoms with Crippen LogP contribution in [0.25, 0.3) is 0 Å². The average Bonchev–Trinajstić information content (AvgIpc) is 2.47. The van der Waals surface area contributed by atoms with E-state index in [0.717, 1.165) is 0 Å². The van der Waals surface area contributed by atoms with Gasteiger partial charge in [0.15, 0.2) is 0 Å². The van der Waals surface area contributed by atoms with Crippen LogP contribution < -0.4 is 10.5 Å². The molecule has 6 heteroatoms. The predicted molar refractivity (Wildman–Crippen MR) is 84.6 cm³/mol. The maximum absolute atomic E-state index is 12.5. The Morgan fingerprint density at radius 1 is 1.10 bits per heavy atom. The van der Waals surface area contributed by atoms with Crippen molar-refractivity contribution in [1.29, 1.82) is 0 Å². The number of halogens is 1. The fraction of sp³-hybridized carbons (Fsp3) is 0.0667. The fourth-order valence-corrected chi connectivity index (χ4v) is 3.18. The number of hydrogen-bond donors (Lipinski definition) is 2. The van der Waals surface area contributed by atoms with Crippen LogP contribution >= 0.6 is 11.6 Å². The molecule has 0 saturated carbocycles. The van der Waals surface area contributed by atoms with Gasteiger partial charge in [0.2, 0.25) is 0 Å². The zero-order chi connectivity index (χ0) is 15.3. The van der Waals surface area contributed by atoms with E-state index in [4.69, 9.17) is 17.3 Å². The molecule has 2 aromatic carbocycles. The van der Waals surface area contributed by atoms with Crippen molar-refractivity contribution in [2.45, 2.75) is 4.90 Å². The zero-order valence-electron chi connectivity index (χ0n) is 11.0. The fourth-order valence-electron chi connectivity index (χ4n) is 1.69. The molecule has 0 unspecified atom stereocenters. The highest BCUT2D eigenvalue weighted by molar-refractivity contribution is 7.92. The highest BCUT2D eigenvalue weighted by Gasteiger charge is 2.18. The van der Waals surface area contributed by atoms with Gasteiger partial charge in [-0.2, -0.15) is 0 Å². The summed E-state index contributed by atoms with van der Waals surface area (Å²) < 4.78 is 27.4. The maximum Gasteiger partial charge on any atom is 0.263 e. The summed E-state index contributed by atoms with van der Waals surface area (Å²) in [6.45, 7) is 0.159. The minimum Gasteiger partial charge on any atom is -0.320 e. The number of rotatable bonds is 3. The third-order valence-electron chi connectivity index (χ3n) is 2.62. The number of para-hydroxylation sites is 1. The lowest BCUT2D eigenvalue weighted by atomic mass is 10.2. The Balaban J connectivity index is 2.43. The molecular formula is C15H13ClN2O2S. The van der Waals surface area contributed by atoms with Crippen molar-refractivity contribution < 1.29 is 8.42 Å². The van der Waals surface area contributed by atoms with Gasteiger partial charge in [-0.3, -0.25) is 4.72 Å². The first-order valence-electron chi connectivity index (χ1n) is 6.10. The molecule has 21 heavy (non-hydrogen) atoms. The van der Waals surface area contributed by atoms with E-state index < -0.39 is 10.0 Å². The summed E-state index contributed by atoms with van der Waals surface area (Å²) in [4.78, 5) is 0.0888. The Labute approximate surface area is 129 Å². The molecule has 0 saturated heterocycles. The van der Waals surface area contributed by atoms with Crippen LogP contribution in [-0.2, 0) is 10.0 Å². The van der Waals surface area contributed by atoms with E-state index in [0.29, 0.717) is 16.3 Å². The SMILES string of the molecule is NCC#Cc1ccccc1S(=O)(=O)Nc1ccccc1Cl. The molecule has 2 aromatic rings. The Morgan fingerprint density at radius 3 is 2.48 bits per heavy atom. The first-order valence-corrected chi connectivity index (χ1v) is 7.96. The molecule has 0 aliphatic carbocycles. The summed E-state index contributed by atoms with van der Waals surface area (Å²) in [5, 5.41) is 0.326. The summed E-state index contributed by atoms with van der Waals surface area (Å²) in [7, 11) is -3.77. The third-order valence-corrected chi connectivity index (χ3v) is 4.37. The molecule has 0 atom stereocenters. The number of benzene rings is 2. The first kappa shape index (κ1) is 15.4. The van der Waals surface area contributed by atoms with Gasteiger partial charge in [-0.15, -0.1) is 0 Å². The first-order chi connectivity index (χ1) is 10.0. The Bertz CT molecular complexity index is 808. The molecule has 0 aliphatic heterocycles. The molecule has 0 fully saturated rings. The van der Waals surface area contributed by atoms with Crippen LogP contribution in [0.5, 0.6) is 0 Å². The van der Waals surface area contributed by atoms with E-state index in [9.17, 15) is 8.42 Å². The molecule has 2 rings (SSSR count). The Hall–Kier alpha value is -2.00. The monoisotopic (exact) mass is 320 g/mol. The summed E-state index contributed by atoms with van der Waals surface area (Å²) in [5.41, 5.74) is 6.03. The summed E-state index contributed by atoms with van der Waals surface area (Å²) >= 11 is 5.97. The maximum atomic E-state index is 12.5. The molecule has 0 radical (unpaired) electrons. The van der Waals surface area contributed by atoms with Crippen LogP contribution in [0, 0.1) is 11.8 Å². The standard InChI is InChI=1S/C15H13ClN2O2S/c16-13-8-2-3-9-14(13)18-21(19,20)15-10-4-1-6-12(15)7-5-11-17/h1-4,6,8-10,18H,11,17H2. The molecule has 0 heterocycles. The van der Waals surface area contributed by atoms with E-state index in [-0.39, 0.29) is 11.4 Å². The second-order valence-electron chi connectivity index (χ2n) is 4.09. The van der Waals surface area contributed by atoms with Crippen molar-refractivity contribution in [3.05, 3.63) is 59.1 Å². The lowest BCUT2D eigenvalue weighted by Crippen LogP contribution is -2.14. The number of hydrogen-bond acceptors (Lipinski definition) is 3. The number of nitrogens with two attached hydrogens (primary N) is 1. The van der Waals surface area contributed by atoms with Crippen molar-refractivity contribution in [2.24, 2.45) is 5.73 Å². The van der Waals surface area contributed by atoms with Gasteiger partial charge in [-0.25, -0.2) is 8.42 Å². The summed E-state index contributed by atoms with van der Waals surface area (Å²) in [6.07, 6.45) is 0. The molecular weight excluding hydrogens is 308 g/mol. The molecule has 108 valence electrons. The quantitative estimate of drug-likeness (QED) is 0.853. The van der Waals surface area contributed by atoms with Crippen molar-refractivity contribution >= 4 is 27.3 Å². The second kappa shape index (κ2) is 6.64.